The molecule has 2 heterocycles. The Labute approximate surface area is 155 Å². The number of amides is 3. The van der Waals surface area contributed by atoms with Crippen molar-refractivity contribution in [3.8, 4) is 0 Å². The zero-order valence-corrected chi connectivity index (χ0v) is 15.2. The second-order valence-corrected chi connectivity index (χ2v) is 8.68. The number of nitrogens with zero attached hydrogens (tertiary/aromatic N) is 1. The van der Waals surface area contributed by atoms with Crippen molar-refractivity contribution in [2.24, 2.45) is 0 Å². The van der Waals surface area contributed by atoms with Gasteiger partial charge < -0.3 is 10.1 Å². The number of hydrogen-bond acceptors (Lipinski definition) is 7. The molecule has 27 heavy (non-hydrogen) atoms. The van der Waals surface area contributed by atoms with Gasteiger partial charge in [0.25, 0.3) is 11.8 Å². The predicted molar refractivity (Wildman–Crippen MR) is 92.4 cm³/mol. The van der Waals surface area contributed by atoms with Gasteiger partial charge in [0.15, 0.2) is 16.4 Å². The highest BCUT2D eigenvalue weighted by Crippen LogP contribution is 2.19. The molecule has 0 aromatic heterocycles. The fourth-order valence-electron chi connectivity index (χ4n) is 3.06. The Kier molecular flexibility index (Phi) is 5.26. The van der Waals surface area contributed by atoms with Crippen molar-refractivity contribution in [3.05, 3.63) is 35.4 Å². The summed E-state index contributed by atoms with van der Waals surface area (Å²) < 4.78 is 27.5. The van der Waals surface area contributed by atoms with Crippen LogP contribution in [0.2, 0.25) is 0 Å². The van der Waals surface area contributed by atoms with Gasteiger partial charge >= 0.3 is 5.97 Å². The van der Waals surface area contributed by atoms with E-state index in [1.807, 2.05) is 0 Å². The Hall–Kier alpha value is -2.75. The first-order valence-electron chi connectivity index (χ1n) is 8.33. The first-order valence-corrected chi connectivity index (χ1v) is 10.2. The quantitative estimate of drug-likeness (QED) is 0.504. The Balaban J connectivity index is 1.50. The molecule has 0 saturated carbocycles. The van der Waals surface area contributed by atoms with Crippen LogP contribution in [0.3, 0.4) is 0 Å². The number of carbonyl (C=O) groups excluding carboxylic acids is 4. The van der Waals surface area contributed by atoms with Crippen LogP contribution in [0.4, 0.5) is 0 Å². The van der Waals surface area contributed by atoms with E-state index in [4.69, 9.17) is 4.74 Å². The molecule has 2 aliphatic heterocycles. The monoisotopic (exact) mass is 394 g/mol. The average Bonchev–Trinajstić information content (AvgIpc) is 2.95. The first-order chi connectivity index (χ1) is 12.7. The SMILES string of the molecule is O=C(COC(=O)CN1C(=O)Cc2ccccc2C1=O)N[C@@H]1CCS(=O)(=O)C1. The number of fused-ring (bicyclic) bond motifs is 1. The summed E-state index contributed by atoms with van der Waals surface area (Å²) in [7, 11) is -3.13. The van der Waals surface area contributed by atoms with Crippen molar-refractivity contribution >= 4 is 33.5 Å². The number of nitrogens with one attached hydrogen (secondary N) is 1. The maximum atomic E-state index is 12.4. The van der Waals surface area contributed by atoms with Crippen molar-refractivity contribution in [1.82, 2.24) is 10.2 Å². The van der Waals surface area contributed by atoms with E-state index >= 15 is 0 Å². The van der Waals surface area contributed by atoms with Gasteiger partial charge in [-0.15, -0.1) is 0 Å². The number of hydrogen-bond donors (Lipinski definition) is 1. The Morgan fingerprint density at radius 1 is 1.22 bits per heavy atom. The second kappa shape index (κ2) is 7.47. The topological polar surface area (TPSA) is 127 Å². The number of esters is 1. The lowest BCUT2D eigenvalue weighted by atomic mass is 9.98. The van der Waals surface area contributed by atoms with E-state index in [2.05, 4.69) is 5.32 Å². The van der Waals surface area contributed by atoms with Crippen LogP contribution in [0, 0.1) is 0 Å². The Bertz CT molecular complexity index is 910. The summed E-state index contributed by atoms with van der Waals surface area (Å²) in [6, 6.07) is 6.14. The molecule has 1 fully saturated rings. The highest BCUT2D eigenvalue weighted by atomic mass is 32.2. The molecular weight excluding hydrogens is 376 g/mol. The zero-order valence-electron chi connectivity index (χ0n) is 14.3. The highest BCUT2D eigenvalue weighted by Gasteiger charge is 2.33. The van der Waals surface area contributed by atoms with E-state index in [0.29, 0.717) is 17.5 Å². The molecule has 3 amide bonds. The van der Waals surface area contributed by atoms with Gasteiger partial charge in [0.1, 0.15) is 6.54 Å². The molecule has 3 rings (SSSR count). The van der Waals surface area contributed by atoms with Gasteiger partial charge in [-0.05, 0) is 18.1 Å². The van der Waals surface area contributed by atoms with E-state index in [1.165, 1.54) is 0 Å². The van der Waals surface area contributed by atoms with Crippen molar-refractivity contribution in [2.75, 3.05) is 24.7 Å². The van der Waals surface area contributed by atoms with Crippen LogP contribution in [0.25, 0.3) is 0 Å². The maximum Gasteiger partial charge on any atom is 0.326 e. The molecule has 144 valence electrons. The summed E-state index contributed by atoms with van der Waals surface area (Å²) in [6.45, 7) is -1.20. The summed E-state index contributed by atoms with van der Waals surface area (Å²) in [5.41, 5.74) is 0.952. The summed E-state index contributed by atoms with van der Waals surface area (Å²) in [5, 5.41) is 2.48. The second-order valence-electron chi connectivity index (χ2n) is 6.45. The smallest absolute Gasteiger partial charge is 0.326 e. The minimum Gasteiger partial charge on any atom is -0.454 e. The minimum absolute atomic E-state index is 0.00579. The lowest BCUT2D eigenvalue weighted by Crippen LogP contribution is -2.46. The van der Waals surface area contributed by atoms with E-state index in [1.54, 1.807) is 24.3 Å². The van der Waals surface area contributed by atoms with Crippen molar-refractivity contribution in [1.29, 1.82) is 0 Å². The molecule has 2 aliphatic rings. The molecule has 9 nitrogen and oxygen atoms in total. The fraction of sp³-hybridized carbons (Fsp3) is 0.412. The van der Waals surface area contributed by atoms with Crippen molar-refractivity contribution < 1.29 is 32.3 Å². The van der Waals surface area contributed by atoms with Crippen LogP contribution in [0.15, 0.2) is 24.3 Å². The summed E-state index contributed by atoms with van der Waals surface area (Å²) in [6.07, 6.45) is 0.323. The molecule has 0 unspecified atom stereocenters. The molecule has 1 aromatic carbocycles. The molecule has 1 atom stereocenters. The van der Waals surface area contributed by atoms with E-state index in [9.17, 15) is 27.6 Å². The van der Waals surface area contributed by atoms with Crippen LogP contribution < -0.4 is 5.32 Å². The Morgan fingerprint density at radius 3 is 2.67 bits per heavy atom. The number of benzene rings is 1. The van der Waals surface area contributed by atoms with Crippen LogP contribution in [-0.2, 0) is 35.4 Å². The number of ether oxygens (including phenoxy) is 1. The van der Waals surface area contributed by atoms with Crippen molar-refractivity contribution in [3.63, 3.8) is 0 Å². The number of imide groups is 1. The molecule has 1 aromatic rings. The van der Waals surface area contributed by atoms with E-state index < -0.39 is 52.7 Å². The van der Waals surface area contributed by atoms with Gasteiger partial charge in [0.05, 0.1) is 17.9 Å². The van der Waals surface area contributed by atoms with E-state index in [0.717, 1.165) is 4.90 Å². The molecule has 1 N–H and O–H groups in total. The third-order valence-electron chi connectivity index (χ3n) is 4.38. The van der Waals surface area contributed by atoms with Gasteiger partial charge in [0.2, 0.25) is 5.91 Å². The third-order valence-corrected chi connectivity index (χ3v) is 6.15. The molecular formula is C17H18N2O7S. The average molecular weight is 394 g/mol. The van der Waals surface area contributed by atoms with Gasteiger partial charge in [0, 0.05) is 11.6 Å². The third kappa shape index (κ3) is 4.51. The minimum atomic E-state index is -3.13. The molecule has 0 bridgehead atoms. The van der Waals surface area contributed by atoms with E-state index in [-0.39, 0.29) is 17.9 Å². The molecule has 0 spiro atoms. The molecule has 0 aliphatic carbocycles. The lowest BCUT2D eigenvalue weighted by molar-refractivity contribution is -0.151. The number of carbonyl (C=O) groups is 4. The summed E-state index contributed by atoms with van der Waals surface area (Å²) in [5.74, 6) is -2.76. The molecule has 1 saturated heterocycles. The largest absolute Gasteiger partial charge is 0.454 e. The zero-order chi connectivity index (χ0) is 19.6. The van der Waals surface area contributed by atoms with Crippen LogP contribution in [-0.4, -0.2) is 67.7 Å². The predicted octanol–water partition coefficient (Wildman–Crippen LogP) is -0.942. The van der Waals surface area contributed by atoms with Crippen molar-refractivity contribution in [2.45, 2.75) is 18.9 Å². The lowest BCUT2D eigenvalue weighted by Gasteiger charge is -2.25. The van der Waals surface area contributed by atoms with Crippen LogP contribution in [0.1, 0.15) is 22.3 Å². The highest BCUT2D eigenvalue weighted by molar-refractivity contribution is 7.91. The van der Waals surface area contributed by atoms with Crippen LogP contribution in [0.5, 0.6) is 0 Å². The standard InChI is InChI=1S/C17H18N2O7S/c20-14(18-12-5-6-27(24,25)10-12)9-26-16(22)8-19-15(21)7-11-3-1-2-4-13(11)17(19)23/h1-4,12H,5-10H2,(H,18,20)/t12-/m1/s1. The normalized spacial score (nSPS) is 20.9. The number of sulfone groups is 1. The van der Waals surface area contributed by atoms with Crippen LogP contribution >= 0.6 is 0 Å². The van der Waals surface area contributed by atoms with Gasteiger partial charge in [-0.25, -0.2) is 8.42 Å². The first kappa shape index (κ1) is 19.0. The summed E-state index contributed by atoms with van der Waals surface area (Å²) >= 11 is 0. The molecule has 10 heteroatoms. The van der Waals surface area contributed by atoms with Gasteiger partial charge in [-0.2, -0.15) is 0 Å². The summed E-state index contributed by atoms with van der Waals surface area (Å²) in [4.78, 5) is 48.9. The fourth-order valence-corrected chi connectivity index (χ4v) is 4.73. The Morgan fingerprint density at radius 2 is 1.96 bits per heavy atom. The molecule has 0 radical (unpaired) electrons. The van der Waals surface area contributed by atoms with Gasteiger partial charge in [-0.1, -0.05) is 18.2 Å². The van der Waals surface area contributed by atoms with Gasteiger partial charge in [-0.3, -0.25) is 24.1 Å². The number of rotatable bonds is 5. The maximum absolute atomic E-state index is 12.4.